The maximum Gasteiger partial charge on any atom is 0.472 e. The lowest BCUT2D eigenvalue weighted by Crippen LogP contribution is -2.30. The molecule has 91 heavy (non-hydrogen) atoms. The van der Waals surface area contributed by atoms with Crippen molar-refractivity contribution < 1.29 is 80.2 Å². The third kappa shape index (κ3) is 65.1. The summed E-state index contributed by atoms with van der Waals surface area (Å²) in [5.74, 6) is -1.31. The Hall–Kier alpha value is -1.94. The van der Waals surface area contributed by atoms with E-state index in [0.29, 0.717) is 25.7 Å². The number of esters is 4. The van der Waals surface area contributed by atoms with Crippen LogP contribution in [0.4, 0.5) is 0 Å². The zero-order valence-corrected chi connectivity index (χ0v) is 60.8. The van der Waals surface area contributed by atoms with Gasteiger partial charge < -0.3 is 33.8 Å². The lowest BCUT2D eigenvalue weighted by Gasteiger charge is -2.21. The molecule has 0 rings (SSSR count). The van der Waals surface area contributed by atoms with Crippen LogP contribution in [-0.4, -0.2) is 96.7 Å². The van der Waals surface area contributed by atoms with Crippen molar-refractivity contribution in [3.8, 4) is 0 Å². The van der Waals surface area contributed by atoms with Crippen molar-refractivity contribution in [1.82, 2.24) is 0 Å². The molecule has 0 amide bonds. The standard InChI is InChI=1S/C72H140O17P2/c1-6-10-13-16-19-22-25-27-28-31-36-41-46-51-56-70(75)83-62-68(89-72(77)58-53-48-43-38-33-32-34-39-44-49-54-65(5)9-4)64-87-91(80,81)85-60-66(73)59-84-90(78,79)86-63-67(61-82-69(74)55-50-45-40-35-29-24-21-18-15-12-8-3)88-71(76)57-52-47-42-37-30-26-23-20-17-14-11-7-2/h65-68,73H,6-64H2,1-5H3,(H,78,79)(H,80,81)/t65?,66-,67+,68+/m0/s1. The summed E-state index contributed by atoms with van der Waals surface area (Å²) in [5, 5.41) is 10.6. The second-order valence-corrected chi connectivity index (χ2v) is 29.1. The molecule has 17 nitrogen and oxygen atoms in total. The number of hydrogen-bond acceptors (Lipinski definition) is 15. The lowest BCUT2D eigenvalue weighted by atomic mass is 9.99. The van der Waals surface area contributed by atoms with Crippen LogP contribution >= 0.6 is 15.6 Å². The highest BCUT2D eigenvalue weighted by atomic mass is 31.2. The fraction of sp³-hybridized carbons (Fsp3) is 0.944. The molecule has 0 aromatic rings. The molecule has 3 unspecified atom stereocenters. The maximum atomic E-state index is 13.0. The van der Waals surface area contributed by atoms with Crippen LogP contribution in [0.2, 0.25) is 0 Å². The van der Waals surface area contributed by atoms with Gasteiger partial charge in [0, 0.05) is 25.7 Å². The average molecular weight is 1340 g/mol. The van der Waals surface area contributed by atoms with Crippen molar-refractivity contribution in [2.45, 2.75) is 393 Å². The fourth-order valence-electron chi connectivity index (χ4n) is 11.0. The molecule has 0 heterocycles. The zero-order chi connectivity index (χ0) is 67.0. The Morgan fingerprint density at radius 2 is 0.527 bits per heavy atom. The predicted octanol–water partition coefficient (Wildman–Crippen LogP) is 20.9. The van der Waals surface area contributed by atoms with E-state index >= 15 is 0 Å². The summed E-state index contributed by atoms with van der Waals surface area (Å²) in [6, 6.07) is 0. The molecule has 0 aromatic carbocycles. The summed E-state index contributed by atoms with van der Waals surface area (Å²) in [4.78, 5) is 72.6. The first kappa shape index (κ1) is 89.1. The van der Waals surface area contributed by atoms with E-state index in [-0.39, 0.29) is 25.7 Å². The summed E-state index contributed by atoms with van der Waals surface area (Å²) in [7, 11) is -9.90. The smallest absolute Gasteiger partial charge is 0.462 e. The minimum absolute atomic E-state index is 0.107. The van der Waals surface area contributed by atoms with Gasteiger partial charge in [-0.05, 0) is 31.6 Å². The van der Waals surface area contributed by atoms with Crippen molar-refractivity contribution in [3.05, 3.63) is 0 Å². The van der Waals surface area contributed by atoms with Gasteiger partial charge in [0.05, 0.1) is 26.4 Å². The summed E-state index contributed by atoms with van der Waals surface area (Å²) in [5.41, 5.74) is 0. The molecule has 0 bridgehead atoms. The molecular formula is C72H140O17P2. The second-order valence-electron chi connectivity index (χ2n) is 26.2. The number of phosphoric ester groups is 2. The van der Waals surface area contributed by atoms with E-state index in [2.05, 4.69) is 34.6 Å². The molecular weight excluding hydrogens is 1200 g/mol. The molecule has 0 saturated heterocycles. The first-order chi connectivity index (χ1) is 44.1. The first-order valence-corrected chi connectivity index (χ1v) is 40.7. The summed E-state index contributed by atoms with van der Waals surface area (Å²) < 4.78 is 68.4. The summed E-state index contributed by atoms with van der Waals surface area (Å²) in [6.07, 6.45) is 52.4. The molecule has 0 aliphatic rings. The number of unbranched alkanes of at least 4 members (excludes halogenated alkanes) is 43. The molecule has 0 radical (unpaired) electrons. The van der Waals surface area contributed by atoms with E-state index in [1.54, 1.807) is 0 Å². The van der Waals surface area contributed by atoms with Gasteiger partial charge in [-0.2, -0.15) is 0 Å². The number of aliphatic hydroxyl groups is 1. The third-order valence-electron chi connectivity index (χ3n) is 17.1. The highest BCUT2D eigenvalue weighted by Crippen LogP contribution is 2.45. The van der Waals surface area contributed by atoms with E-state index in [1.807, 2.05) is 0 Å². The van der Waals surface area contributed by atoms with Crippen LogP contribution in [0.25, 0.3) is 0 Å². The van der Waals surface area contributed by atoms with Crippen LogP contribution in [0.1, 0.15) is 375 Å². The molecule has 0 saturated carbocycles. The molecule has 0 aliphatic heterocycles. The highest BCUT2D eigenvalue weighted by molar-refractivity contribution is 7.47. The fourth-order valence-corrected chi connectivity index (χ4v) is 12.5. The van der Waals surface area contributed by atoms with E-state index < -0.39 is 97.5 Å². The van der Waals surface area contributed by atoms with E-state index in [0.717, 1.165) is 95.8 Å². The van der Waals surface area contributed by atoms with Gasteiger partial charge in [0.25, 0.3) is 0 Å². The Balaban J connectivity index is 5.26. The SMILES string of the molecule is CCCCCCCCCCCCCCCCC(=O)OC[C@H](COP(=O)(O)OC[C@@H](O)COP(=O)(O)OC[C@@H](COC(=O)CCCCCCCCCCCCC)OC(=O)CCCCCCCCCCCCCC)OC(=O)CCCCCCCCCCCCC(C)CC. The summed E-state index contributed by atoms with van der Waals surface area (Å²) in [6.45, 7) is 7.29. The van der Waals surface area contributed by atoms with Gasteiger partial charge >= 0.3 is 39.5 Å². The lowest BCUT2D eigenvalue weighted by molar-refractivity contribution is -0.161. The van der Waals surface area contributed by atoms with Crippen molar-refractivity contribution in [3.63, 3.8) is 0 Å². The number of carbonyl (C=O) groups is 4. The van der Waals surface area contributed by atoms with Crippen LogP contribution in [0, 0.1) is 5.92 Å². The molecule has 6 atom stereocenters. The average Bonchev–Trinajstić information content (AvgIpc) is 3.70. The van der Waals surface area contributed by atoms with Crippen LogP contribution in [0.15, 0.2) is 0 Å². The number of phosphoric acid groups is 2. The predicted molar refractivity (Wildman–Crippen MR) is 368 cm³/mol. The topological polar surface area (TPSA) is 237 Å². The van der Waals surface area contributed by atoms with Gasteiger partial charge in [-0.3, -0.25) is 37.3 Å². The maximum absolute atomic E-state index is 13.0. The molecule has 0 fully saturated rings. The molecule has 19 heteroatoms. The van der Waals surface area contributed by atoms with E-state index in [1.165, 1.54) is 199 Å². The van der Waals surface area contributed by atoms with Crippen molar-refractivity contribution in [2.24, 2.45) is 5.92 Å². The zero-order valence-electron chi connectivity index (χ0n) is 59.0. The van der Waals surface area contributed by atoms with Gasteiger partial charge in [-0.15, -0.1) is 0 Å². The molecule has 0 aliphatic carbocycles. The van der Waals surface area contributed by atoms with E-state index in [9.17, 15) is 43.2 Å². The van der Waals surface area contributed by atoms with Gasteiger partial charge in [-0.1, -0.05) is 324 Å². The quantitative estimate of drug-likeness (QED) is 0.0222. The Morgan fingerprint density at radius 3 is 0.780 bits per heavy atom. The van der Waals surface area contributed by atoms with E-state index in [4.69, 9.17) is 37.0 Å². The Morgan fingerprint density at radius 1 is 0.308 bits per heavy atom. The minimum atomic E-state index is -4.95. The number of aliphatic hydroxyl groups excluding tert-OH is 1. The number of ether oxygens (including phenoxy) is 4. The monoisotopic (exact) mass is 1340 g/mol. The molecule has 540 valence electrons. The third-order valence-corrected chi connectivity index (χ3v) is 19.0. The Labute approximate surface area is 556 Å². The van der Waals surface area contributed by atoms with Crippen LogP contribution in [0.5, 0.6) is 0 Å². The van der Waals surface area contributed by atoms with Crippen molar-refractivity contribution in [2.75, 3.05) is 39.6 Å². The van der Waals surface area contributed by atoms with Crippen LogP contribution < -0.4 is 0 Å². The highest BCUT2D eigenvalue weighted by Gasteiger charge is 2.30. The normalized spacial score (nSPS) is 14.3. The second kappa shape index (κ2) is 65.4. The molecule has 0 spiro atoms. The first-order valence-electron chi connectivity index (χ1n) is 37.7. The molecule has 0 aromatic heterocycles. The largest absolute Gasteiger partial charge is 0.472 e. The summed E-state index contributed by atoms with van der Waals surface area (Å²) >= 11 is 0. The number of hydrogen-bond donors (Lipinski definition) is 3. The van der Waals surface area contributed by atoms with Crippen LogP contribution in [0.3, 0.4) is 0 Å². The minimum Gasteiger partial charge on any atom is -0.462 e. The number of carbonyl (C=O) groups excluding carboxylic acids is 4. The van der Waals surface area contributed by atoms with Crippen molar-refractivity contribution >= 4 is 39.5 Å². The molecule has 3 N–H and O–H groups in total. The Bertz CT molecular complexity index is 1760. The number of rotatable bonds is 72. The Kier molecular flexibility index (Phi) is 64.0. The van der Waals surface area contributed by atoms with Gasteiger partial charge in [-0.25, -0.2) is 9.13 Å². The van der Waals surface area contributed by atoms with Gasteiger partial charge in [0.2, 0.25) is 0 Å². The van der Waals surface area contributed by atoms with Crippen LogP contribution in [-0.2, 0) is 65.4 Å². The van der Waals surface area contributed by atoms with Gasteiger partial charge in [0.15, 0.2) is 12.2 Å². The van der Waals surface area contributed by atoms with Crippen molar-refractivity contribution in [1.29, 1.82) is 0 Å². The van der Waals surface area contributed by atoms with Gasteiger partial charge in [0.1, 0.15) is 19.3 Å².